The highest BCUT2D eigenvalue weighted by Gasteiger charge is 2.59. The van der Waals surface area contributed by atoms with E-state index in [2.05, 4.69) is 27.3 Å². The summed E-state index contributed by atoms with van der Waals surface area (Å²) in [6.45, 7) is 2.11. The molecule has 0 saturated heterocycles. The van der Waals surface area contributed by atoms with Gasteiger partial charge in [0.2, 0.25) is 0 Å². The Morgan fingerprint density at radius 2 is 1.84 bits per heavy atom. The Bertz CT molecular complexity index is 992. The topological polar surface area (TPSA) is 48.3 Å². The average molecular weight is 529 g/mol. The molecule has 0 bridgehead atoms. The second-order valence-corrected chi connectivity index (χ2v) is 8.62. The number of nitrogens with one attached hydrogen (secondary N) is 1. The van der Waals surface area contributed by atoms with Gasteiger partial charge in [0.15, 0.2) is 0 Å². The van der Waals surface area contributed by atoms with E-state index in [9.17, 15) is 18.4 Å². The summed E-state index contributed by atoms with van der Waals surface area (Å²) in [5, 5.41) is 13.7. The Hall–Kier alpha value is -2.05. The van der Waals surface area contributed by atoms with E-state index in [-0.39, 0.29) is 24.4 Å². The van der Waals surface area contributed by atoms with E-state index in [1.165, 1.54) is 0 Å². The second-order valence-electron chi connectivity index (χ2n) is 7.33. The van der Waals surface area contributed by atoms with Gasteiger partial charge in [-0.2, -0.15) is 18.4 Å². The maximum atomic E-state index is 14.2. The molecule has 0 fully saturated rings. The van der Waals surface area contributed by atoms with Gasteiger partial charge in [-0.1, -0.05) is 70.0 Å². The molecule has 2 unspecified atom stereocenters. The SMILES string of the molecule is CCOCN1C(C(F)(F)F)=C(Br)C(C#N)C1(CNCc1ccccc1)c1ccc(Cl)cc1. The maximum absolute atomic E-state index is 14.2. The van der Waals surface area contributed by atoms with Gasteiger partial charge < -0.3 is 15.0 Å². The molecule has 2 atom stereocenters. The lowest BCUT2D eigenvalue weighted by molar-refractivity contribution is -0.132. The minimum atomic E-state index is -4.68. The highest BCUT2D eigenvalue weighted by molar-refractivity contribution is 9.11. The van der Waals surface area contributed by atoms with Crippen LogP contribution >= 0.6 is 27.5 Å². The van der Waals surface area contributed by atoms with Gasteiger partial charge in [-0.05, 0) is 30.2 Å². The number of benzene rings is 2. The first-order valence-electron chi connectivity index (χ1n) is 9.98. The zero-order chi connectivity index (χ0) is 23.4. The number of nitriles is 1. The Kier molecular flexibility index (Phi) is 7.88. The summed E-state index contributed by atoms with van der Waals surface area (Å²) in [6, 6.07) is 18.2. The molecule has 0 aromatic heterocycles. The van der Waals surface area contributed by atoms with Crippen LogP contribution in [0.3, 0.4) is 0 Å². The van der Waals surface area contributed by atoms with Gasteiger partial charge in [-0.25, -0.2) is 0 Å². The van der Waals surface area contributed by atoms with Crippen molar-refractivity contribution < 1.29 is 17.9 Å². The van der Waals surface area contributed by atoms with Gasteiger partial charge in [-0.3, -0.25) is 0 Å². The first kappa shape index (κ1) is 24.6. The summed E-state index contributed by atoms with van der Waals surface area (Å²) in [4.78, 5) is 1.15. The molecular weight excluding hydrogens is 507 g/mol. The van der Waals surface area contributed by atoms with Crippen LogP contribution in [0.4, 0.5) is 13.2 Å². The summed E-state index contributed by atoms with van der Waals surface area (Å²) in [7, 11) is 0. The molecular formula is C23H22BrClF3N3O. The molecule has 1 aliphatic heterocycles. The third-order valence-corrected chi connectivity index (χ3v) is 6.53. The highest BCUT2D eigenvalue weighted by atomic mass is 79.9. The number of rotatable bonds is 8. The first-order chi connectivity index (χ1) is 15.3. The van der Waals surface area contributed by atoms with E-state index in [0.717, 1.165) is 10.5 Å². The number of allylic oxidation sites excluding steroid dienone is 1. The number of ether oxygens (including phenoxy) is 1. The van der Waals surface area contributed by atoms with Crippen molar-refractivity contribution in [2.45, 2.75) is 25.2 Å². The quantitative estimate of drug-likeness (QED) is 0.460. The average Bonchev–Trinajstić information content (AvgIpc) is 3.01. The van der Waals surface area contributed by atoms with Crippen molar-refractivity contribution in [1.82, 2.24) is 10.2 Å². The van der Waals surface area contributed by atoms with E-state index in [4.69, 9.17) is 16.3 Å². The van der Waals surface area contributed by atoms with Crippen molar-refractivity contribution in [2.75, 3.05) is 19.9 Å². The molecule has 0 spiro atoms. The van der Waals surface area contributed by atoms with Gasteiger partial charge in [0.05, 0.1) is 6.07 Å². The van der Waals surface area contributed by atoms with Gasteiger partial charge in [0.25, 0.3) is 0 Å². The maximum Gasteiger partial charge on any atom is 0.432 e. The van der Waals surface area contributed by atoms with E-state index in [1.807, 2.05) is 30.3 Å². The molecule has 4 nitrogen and oxygen atoms in total. The standard InChI is InChI=1S/C23H22BrClF3N3O/c1-2-32-15-31-21(23(26,27)28)20(24)19(12-29)22(31,17-8-10-18(25)11-9-17)14-30-13-16-6-4-3-5-7-16/h3-11,19,30H,2,13-15H2,1H3. The highest BCUT2D eigenvalue weighted by Crippen LogP contribution is 2.54. The van der Waals surface area contributed by atoms with Crippen molar-refractivity contribution >= 4 is 27.5 Å². The van der Waals surface area contributed by atoms with Gasteiger partial charge in [0, 0.05) is 29.2 Å². The fourth-order valence-corrected chi connectivity index (χ4v) is 5.04. The summed E-state index contributed by atoms with van der Waals surface area (Å²) in [6.07, 6.45) is -4.68. The minimum Gasteiger partial charge on any atom is -0.361 e. The fraction of sp³-hybridized carbons (Fsp3) is 0.348. The van der Waals surface area contributed by atoms with Crippen molar-refractivity contribution in [1.29, 1.82) is 5.26 Å². The van der Waals surface area contributed by atoms with E-state index >= 15 is 0 Å². The van der Waals surface area contributed by atoms with Crippen LogP contribution < -0.4 is 5.32 Å². The van der Waals surface area contributed by atoms with Crippen LogP contribution in [0, 0.1) is 17.2 Å². The van der Waals surface area contributed by atoms with Crippen LogP contribution in [0.2, 0.25) is 5.02 Å². The molecule has 0 radical (unpaired) electrons. The second kappa shape index (κ2) is 10.3. The Morgan fingerprint density at radius 3 is 2.41 bits per heavy atom. The smallest absolute Gasteiger partial charge is 0.361 e. The van der Waals surface area contributed by atoms with Crippen molar-refractivity contribution in [3.05, 3.63) is 80.9 Å². The number of halogens is 5. The largest absolute Gasteiger partial charge is 0.432 e. The van der Waals surface area contributed by atoms with Crippen molar-refractivity contribution in [3.63, 3.8) is 0 Å². The summed E-state index contributed by atoms with van der Waals surface area (Å²) in [5.74, 6) is -1.12. The predicted molar refractivity (Wildman–Crippen MR) is 121 cm³/mol. The Balaban J connectivity index is 2.11. The number of alkyl halides is 3. The molecule has 0 saturated carbocycles. The first-order valence-corrected chi connectivity index (χ1v) is 11.1. The Labute approximate surface area is 198 Å². The number of nitrogens with zero attached hydrogens (tertiary/aromatic N) is 2. The fourth-order valence-electron chi connectivity index (χ4n) is 4.00. The zero-order valence-electron chi connectivity index (χ0n) is 17.3. The molecule has 0 aliphatic carbocycles. The van der Waals surface area contributed by atoms with Crippen LogP contribution in [0.15, 0.2) is 64.8 Å². The van der Waals surface area contributed by atoms with Gasteiger partial charge in [0.1, 0.15) is 23.9 Å². The molecule has 9 heteroatoms. The van der Waals surface area contributed by atoms with E-state index in [0.29, 0.717) is 17.1 Å². The molecule has 32 heavy (non-hydrogen) atoms. The molecule has 3 rings (SSSR count). The normalized spacial score (nSPS) is 21.2. The third-order valence-electron chi connectivity index (χ3n) is 5.44. The summed E-state index contributed by atoms with van der Waals surface area (Å²) in [5.41, 5.74) is -0.768. The lowest BCUT2D eigenvalue weighted by Gasteiger charge is -2.44. The molecule has 0 amide bonds. The third kappa shape index (κ3) is 4.81. The van der Waals surface area contributed by atoms with Crippen molar-refractivity contribution in [2.24, 2.45) is 5.92 Å². The van der Waals surface area contributed by atoms with Crippen LogP contribution in [-0.4, -0.2) is 31.0 Å². The minimum absolute atomic E-state index is 0.0729. The molecule has 170 valence electrons. The lowest BCUT2D eigenvalue weighted by atomic mass is 9.79. The number of hydrogen-bond acceptors (Lipinski definition) is 4. The van der Waals surface area contributed by atoms with Gasteiger partial charge >= 0.3 is 6.18 Å². The van der Waals surface area contributed by atoms with E-state index in [1.54, 1.807) is 31.2 Å². The van der Waals surface area contributed by atoms with Crippen LogP contribution in [0.1, 0.15) is 18.1 Å². The molecule has 1 N–H and O–H groups in total. The van der Waals surface area contributed by atoms with Crippen molar-refractivity contribution in [3.8, 4) is 6.07 Å². The summed E-state index contributed by atoms with van der Waals surface area (Å²) >= 11 is 9.16. The molecule has 1 heterocycles. The molecule has 2 aromatic rings. The van der Waals surface area contributed by atoms with Crippen LogP contribution in [0.5, 0.6) is 0 Å². The molecule has 2 aromatic carbocycles. The monoisotopic (exact) mass is 527 g/mol. The predicted octanol–water partition coefficient (Wildman–Crippen LogP) is 5.94. The van der Waals surface area contributed by atoms with E-state index < -0.39 is 23.3 Å². The molecule has 1 aliphatic rings. The zero-order valence-corrected chi connectivity index (χ0v) is 19.6. The Morgan fingerprint density at radius 1 is 1.19 bits per heavy atom. The van der Waals surface area contributed by atoms with Gasteiger partial charge in [-0.15, -0.1) is 0 Å². The van der Waals surface area contributed by atoms with Crippen LogP contribution in [-0.2, 0) is 16.8 Å². The lowest BCUT2D eigenvalue weighted by Crippen LogP contribution is -2.54. The summed E-state index contributed by atoms with van der Waals surface area (Å²) < 4.78 is 47.8. The van der Waals surface area contributed by atoms with Crippen LogP contribution in [0.25, 0.3) is 0 Å². The number of hydrogen-bond donors (Lipinski definition) is 1.